The molecule has 2 unspecified atom stereocenters. The smallest absolute Gasteiger partial charge is 0.0253 e. The maximum absolute atomic E-state index is 3.69. The van der Waals surface area contributed by atoms with Crippen molar-refractivity contribution in [3.8, 4) is 0 Å². The molecule has 1 aromatic carbocycles. The summed E-state index contributed by atoms with van der Waals surface area (Å²) in [4.78, 5) is 1.45. The molecule has 0 bridgehead atoms. The third-order valence-electron chi connectivity index (χ3n) is 4.17. The molecular weight excluding hydrogens is 250 g/mol. The minimum atomic E-state index is 0.492. The Morgan fingerprint density at radius 1 is 1.32 bits per heavy atom. The van der Waals surface area contributed by atoms with Gasteiger partial charge in [-0.1, -0.05) is 39.0 Å². The lowest BCUT2D eigenvalue weighted by Crippen LogP contribution is -2.44. The maximum Gasteiger partial charge on any atom is 0.0253 e. The van der Waals surface area contributed by atoms with Gasteiger partial charge in [0.2, 0.25) is 0 Å². The summed E-state index contributed by atoms with van der Waals surface area (Å²) in [5.41, 5.74) is 1.90. The molecule has 1 nitrogen and oxygen atoms in total. The molecule has 1 aromatic rings. The summed E-state index contributed by atoms with van der Waals surface area (Å²) in [7, 11) is 0. The topological polar surface area (TPSA) is 12.0 Å². The van der Waals surface area contributed by atoms with Crippen LogP contribution in [0.1, 0.15) is 45.6 Å². The first kappa shape index (κ1) is 14.9. The van der Waals surface area contributed by atoms with Crippen LogP contribution in [0.2, 0.25) is 0 Å². The summed E-state index contributed by atoms with van der Waals surface area (Å²) >= 11 is 2.08. The van der Waals surface area contributed by atoms with E-state index in [9.17, 15) is 0 Å². The van der Waals surface area contributed by atoms with Crippen molar-refractivity contribution in [3.63, 3.8) is 0 Å². The van der Waals surface area contributed by atoms with Gasteiger partial charge in [0.25, 0.3) is 0 Å². The van der Waals surface area contributed by atoms with Crippen LogP contribution in [0.25, 0.3) is 0 Å². The third-order valence-corrected chi connectivity index (χ3v) is 5.68. The minimum Gasteiger partial charge on any atom is -0.313 e. The molecule has 1 fully saturated rings. The van der Waals surface area contributed by atoms with Crippen molar-refractivity contribution in [3.05, 3.63) is 29.8 Å². The highest BCUT2D eigenvalue weighted by molar-refractivity contribution is 8.00. The molecule has 1 aliphatic rings. The van der Waals surface area contributed by atoms with Crippen LogP contribution in [0.4, 0.5) is 0 Å². The SMILES string of the molecule is CCNC1CCC(C)(C)CC1Sc1ccccc1C. The second kappa shape index (κ2) is 6.32. The van der Waals surface area contributed by atoms with Gasteiger partial charge in [0.1, 0.15) is 0 Å². The van der Waals surface area contributed by atoms with E-state index in [1.54, 1.807) is 0 Å². The quantitative estimate of drug-likeness (QED) is 0.860. The first-order chi connectivity index (χ1) is 9.02. The van der Waals surface area contributed by atoms with E-state index < -0.39 is 0 Å². The maximum atomic E-state index is 3.69. The Bertz CT molecular complexity index is 413. The molecule has 19 heavy (non-hydrogen) atoms. The lowest BCUT2D eigenvalue weighted by atomic mass is 9.75. The van der Waals surface area contributed by atoms with Gasteiger partial charge < -0.3 is 5.32 Å². The Labute approximate surface area is 122 Å². The van der Waals surface area contributed by atoms with E-state index >= 15 is 0 Å². The number of rotatable bonds is 4. The summed E-state index contributed by atoms with van der Waals surface area (Å²) in [5.74, 6) is 0. The summed E-state index contributed by atoms with van der Waals surface area (Å²) in [6.45, 7) is 10.4. The van der Waals surface area contributed by atoms with Gasteiger partial charge in [-0.05, 0) is 49.8 Å². The van der Waals surface area contributed by atoms with Crippen molar-refractivity contribution in [2.24, 2.45) is 5.41 Å². The Hall–Kier alpha value is -0.470. The molecule has 2 atom stereocenters. The molecule has 1 saturated carbocycles. The van der Waals surface area contributed by atoms with Gasteiger partial charge in [-0.25, -0.2) is 0 Å². The summed E-state index contributed by atoms with van der Waals surface area (Å²) < 4.78 is 0. The van der Waals surface area contributed by atoms with E-state index in [1.165, 1.54) is 29.7 Å². The zero-order valence-corrected chi connectivity index (χ0v) is 13.5. The van der Waals surface area contributed by atoms with Gasteiger partial charge in [-0.2, -0.15) is 0 Å². The molecule has 0 heterocycles. The number of nitrogens with one attached hydrogen (secondary N) is 1. The van der Waals surface area contributed by atoms with Gasteiger partial charge in [-0.3, -0.25) is 0 Å². The van der Waals surface area contributed by atoms with Gasteiger partial charge in [0, 0.05) is 16.2 Å². The average molecular weight is 277 g/mol. The minimum absolute atomic E-state index is 0.492. The number of hydrogen-bond donors (Lipinski definition) is 1. The Morgan fingerprint density at radius 3 is 2.74 bits per heavy atom. The first-order valence-corrected chi connectivity index (χ1v) is 8.35. The highest BCUT2D eigenvalue weighted by Crippen LogP contribution is 2.43. The summed E-state index contributed by atoms with van der Waals surface area (Å²) in [5, 5.41) is 4.39. The van der Waals surface area contributed by atoms with Crippen LogP contribution in [0.15, 0.2) is 29.2 Å². The van der Waals surface area contributed by atoms with E-state index in [0.717, 1.165) is 6.54 Å². The molecule has 2 rings (SSSR count). The van der Waals surface area contributed by atoms with Crippen molar-refractivity contribution < 1.29 is 0 Å². The Balaban J connectivity index is 2.11. The first-order valence-electron chi connectivity index (χ1n) is 7.47. The molecule has 2 heteroatoms. The van der Waals surface area contributed by atoms with E-state index in [2.05, 4.69) is 69.0 Å². The van der Waals surface area contributed by atoms with Crippen molar-refractivity contribution in [2.75, 3.05) is 6.54 Å². The molecule has 0 amide bonds. The van der Waals surface area contributed by atoms with Crippen molar-refractivity contribution in [1.82, 2.24) is 5.32 Å². The van der Waals surface area contributed by atoms with Crippen LogP contribution in [-0.2, 0) is 0 Å². The lowest BCUT2D eigenvalue weighted by Gasteiger charge is -2.41. The Morgan fingerprint density at radius 2 is 2.05 bits per heavy atom. The molecular formula is C17H27NS. The molecule has 0 aliphatic heterocycles. The second-order valence-electron chi connectivity index (χ2n) is 6.49. The predicted octanol–water partition coefficient (Wildman–Crippen LogP) is 4.64. The van der Waals surface area contributed by atoms with Gasteiger partial charge in [-0.15, -0.1) is 11.8 Å². The molecule has 0 saturated heterocycles. The molecule has 1 N–H and O–H groups in total. The van der Waals surface area contributed by atoms with E-state index in [0.29, 0.717) is 16.7 Å². The predicted molar refractivity (Wildman–Crippen MR) is 85.9 cm³/mol. The van der Waals surface area contributed by atoms with Crippen molar-refractivity contribution >= 4 is 11.8 Å². The van der Waals surface area contributed by atoms with E-state index in [4.69, 9.17) is 0 Å². The standard InChI is InChI=1S/C17H27NS/c1-5-18-14-10-11-17(3,4)12-16(14)19-15-9-7-6-8-13(15)2/h6-9,14,16,18H,5,10-12H2,1-4H3. The second-order valence-corrected chi connectivity index (χ2v) is 7.77. The highest BCUT2D eigenvalue weighted by atomic mass is 32.2. The van der Waals surface area contributed by atoms with Crippen LogP contribution < -0.4 is 5.32 Å². The van der Waals surface area contributed by atoms with E-state index in [1.807, 2.05) is 0 Å². The fourth-order valence-electron chi connectivity index (χ4n) is 2.99. The molecule has 0 radical (unpaired) electrons. The number of aryl methyl sites for hydroxylation is 1. The third kappa shape index (κ3) is 4.00. The summed E-state index contributed by atoms with van der Waals surface area (Å²) in [6, 6.07) is 9.45. The monoisotopic (exact) mass is 277 g/mol. The van der Waals surface area contributed by atoms with Crippen LogP contribution in [0.3, 0.4) is 0 Å². The number of benzene rings is 1. The Kier molecular flexibility index (Phi) is 4.97. The number of thioether (sulfide) groups is 1. The highest BCUT2D eigenvalue weighted by Gasteiger charge is 2.35. The molecule has 0 aromatic heterocycles. The average Bonchev–Trinajstić information content (AvgIpc) is 2.35. The fourth-order valence-corrected chi connectivity index (χ4v) is 4.66. The molecule has 106 valence electrons. The number of hydrogen-bond acceptors (Lipinski definition) is 2. The van der Waals surface area contributed by atoms with Crippen LogP contribution in [-0.4, -0.2) is 17.8 Å². The lowest BCUT2D eigenvalue weighted by molar-refractivity contribution is 0.215. The van der Waals surface area contributed by atoms with Crippen LogP contribution in [0, 0.1) is 12.3 Å². The summed E-state index contributed by atoms with van der Waals surface area (Å²) in [6.07, 6.45) is 3.96. The van der Waals surface area contributed by atoms with Gasteiger partial charge in [0.05, 0.1) is 0 Å². The van der Waals surface area contributed by atoms with Crippen molar-refractivity contribution in [1.29, 1.82) is 0 Å². The zero-order valence-electron chi connectivity index (χ0n) is 12.7. The normalized spacial score (nSPS) is 26.3. The van der Waals surface area contributed by atoms with Gasteiger partial charge >= 0.3 is 0 Å². The molecule has 0 spiro atoms. The van der Waals surface area contributed by atoms with Crippen molar-refractivity contribution in [2.45, 2.75) is 63.1 Å². The zero-order chi connectivity index (χ0) is 13.9. The molecule has 1 aliphatic carbocycles. The van der Waals surface area contributed by atoms with Crippen LogP contribution >= 0.6 is 11.8 Å². The van der Waals surface area contributed by atoms with Gasteiger partial charge in [0.15, 0.2) is 0 Å². The van der Waals surface area contributed by atoms with E-state index in [-0.39, 0.29) is 0 Å². The largest absolute Gasteiger partial charge is 0.313 e. The van der Waals surface area contributed by atoms with Crippen LogP contribution in [0.5, 0.6) is 0 Å². The fraction of sp³-hybridized carbons (Fsp3) is 0.647.